The molecule has 0 amide bonds. The molecule has 0 spiro atoms. The van der Waals surface area contributed by atoms with E-state index in [-0.39, 0.29) is 11.5 Å². The maximum atomic E-state index is 11.1. The molecule has 0 heterocycles. The van der Waals surface area contributed by atoms with E-state index < -0.39 is 0 Å². The number of ketones is 1. The first-order chi connectivity index (χ1) is 6.06. The fourth-order valence-electron chi connectivity index (χ4n) is 1.19. The van der Waals surface area contributed by atoms with Crippen LogP contribution in [0.2, 0.25) is 5.02 Å². The summed E-state index contributed by atoms with van der Waals surface area (Å²) in [5.74, 6) is -0.117. The molecule has 1 aromatic rings. The number of hydrogen-bond donors (Lipinski definition) is 1. The van der Waals surface area contributed by atoms with Gasteiger partial charge in [-0.2, -0.15) is 0 Å². The molecule has 0 aliphatic rings. The molecule has 70 valence electrons. The predicted molar refractivity (Wildman–Crippen MR) is 52.5 cm³/mol. The summed E-state index contributed by atoms with van der Waals surface area (Å²) in [4.78, 5) is 11.1. The molecule has 0 aromatic heterocycles. The zero-order valence-electron chi connectivity index (χ0n) is 7.60. The van der Waals surface area contributed by atoms with Crippen LogP contribution in [0, 0.1) is 0 Å². The number of phenols is 1. The summed E-state index contributed by atoms with van der Waals surface area (Å²) < 4.78 is 0. The molecule has 2 nitrogen and oxygen atoms in total. The Morgan fingerprint density at radius 3 is 2.62 bits per heavy atom. The van der Waals surface area contributed by atoms with Crippen LogP contribution in [0.4, 0.5) is 0 Å². The van der Waals surface area contributed by atoms with Crippen LogP contribution < -0.4 is 0 Å². The minimum absolute atomic E-state index is 0.0550. The first-order valence-corrected chi connectivity index (χ1v) is 4.46. The number of carbonyl (C=O) groups is 1. The molecule has 0 fully saturated rings. The smallest absolute Gasteiger partial charge is 0.163 e. The third-order valence-corrected chi connectivity index (χ3v) is 2.13. The Morgan fingerprint density at radius 2 is 2.15 bits per heavy atom. The third kappa shape index (κ3) is 2.01. The highest BCUT2D eigenvalue weighted by Gasteiger charge is 2.11. The standard InChI is InChI=1S/C10H11ClO2/c1-3-7-4-8(11)5-9(6(2)12)10(7)13/h4-5,13H,3H2,1-2H3. The lowest BCUT2D eigenvalue weighted by Gasteiger charge is -2.06. The second kappa shape index (κ2) is 3.79. The van der Waals surface area contributed by atoms with Crippen LogP contribution in [-0.4, -0.2) is 10.9 Å². The van der Waals surface area contributed by atoms with E-state index in [4.69, 9.17) is 11.6 Å². The normalized spacial score (nSPS) is 10.1. The topological polar surface area (TPSA) is 37.3 Å². The number of rotatable bonds is 2. The maximum Gasteiger partial charge on any atom is 0.163 e. The van der Waals surface area contributed by atoms with Crippen LogP contribution in [-0.2, 0) is 6.42 Å². The summed E-state index contributed by atoms with van der Waals surface area (Å²) in [5.41, 5.74) is 1.00. The van der Waals surface area contributed by atoms with E-state index in [1.54, 1.807) is 6.07 Å². The Balaban J connectivity index is 3.35. The van der Waals surface area contributed by atoms with Gasteiger partial charge in [0.15, 0.2) is 5.78 Å². The van der Waals surface area contributed by atoms with Gasteiger partial charge in [-0.25, -0.2) is 0 Å². The second-order valence-electron chi connectivity index (χ2n) is 2.87. The van der Waals surface area contributed by atoms with E-state index >= 15 is 0 Å². The first kappa shape index (κ1) is 10.1. The molecule has 0 radical (unpaired) electrons. The molecule has 1 rings (SSSR count). The largest absolute Gasteiger partial charge is 0.507 e. The molecule has 1 aromatic carbocycles. The van der Waals surface area contributed by atoms with Crippen molar-refractivity contribution in [2.45, 2.75) is 20.3 Å². The fraction of sp³-hybridized carbons (Fsp3) is 0.300. The van der Waals surface area contributed by atoms with Crippen LogP contribution in [0.1, 0.15) is 29.8 Å². The summed E-state index contributed by atoms with van der Waals surface area (Å²) in [6.07, 6.45) is 0.659. The van der Waals surface area contributed by atoms with Gasteiger partial charge in [-0.1, -0.05) is 18.5 Å². The zero-order valence-corrected chi connectivity index (χ0v) is 8.35. The van der Waals surface area contributed by atoms with Crippen molar-refractivity contribution in [2.75, 3.05) is 0 Å². The maximum absolute atomic E-state index is 11.1. The van der Waals surface area contributed by atoms with Crippen molar-refractivity contribution in [1.29, 1.82) is 0 Å². The number of aryl methyl sites for hydroxylation is 1. The van der Waals surface area contributed by atoms with Gasteiger partial charge in [0.1, 0.15) is 5.75 Å². The Kier molecular flexibility index (Phi) is 2.94. The summed E-state index contributed by atoms with van der Waals surface area (Å²) >= 11 is 5.78. The van der Waals surface area contributed by atoms with E-state index in [1.807, 2.05) is 6.92 Å². The van der Waals surface area contributed by atoms with Crippen molar-refractivity contribution >= 4 is 17.4 Å². The number of phenolic OH excluding ortho intramolecular Hbond substituents is 1. The van der Waals surface area contributed by atoms with Crippen LogP contribution >= 0.6 is 11.6 Å². The third-order valence-electron chi connectivity index (χ3n) is 1.91. The number of aromatic hydroxyl groups is 1. The number of Topliss-reactive ketones (excluding diaryl/α,β-unsaturated/α-hetero) is 1. The minimum atomic E-state index is -0.172. The molecule has 1 N–H and O–H groups in total. The quantitative estimate of drug-likeness (QED) is 0.742. The van der Waals surface area contributed by atoms with Crippen LogP contribution in [0.15, 0.2) is 12.1 Å². The SMILES string of the molecule is CCc1cc(Cl)cc(C(C)=O)c1O. The highest BCUT2D eigenvalue weighted by molar-refractivity contribution is 6.31. The van der Waals surface area contributed by atoms with Gasteiger partial charge in [0.2, 0.25) is 0 Å². The molecule has 0 bridgehead atoms. The van der Waals surface area contributed by atoms with Gasteiger partial charge < -0.3 is 5.11 Å². The molecule has 0 aliphatic carbocycles. The molecule has 0 saturated carbocycles. The average molecular weight is 199 g/mol. The van der Waals surface area contributed by atoms with Crippen LogP contribution in [0.25, 0.3) is 0 Å². The predicted octanol–water partition coefficient (Wildman–Crippen LogP) is 2.81. The summed E-state index contributed by atoms with van der Waals surface area (Å²) in [5, 5.41) is 10.1. The lowest BCUT2D eigenvalue weighted by atomic mass is 10.0. The van der Waals surface area contributed by atoms with Gasteiger partial charge in [-0.3, -0.25) is 4.79 Å². The van der Waals surface area contributed by atoms with Gasteiger partial charge in [-0.15, -0.1) is 0 Å². The van der Waals surface area contributed by atoms with Crippen molar-refractivity contribution in [1.82, 2.24) is 0 Å². The highest BCUT2D eigenvalue weighted by atomic mass is 35.5. The summed E-state index contributed by atoms with van der Waals surface area (Å²) in [6, 6.07) is 3.15. The van der Waals surface area contributed by atoms with Crippen LogP contribution in [0.5, 0.6) is 5.75 Å². The van der Waals surface area contributed by atoms with Crippen molar-refractivity contribution in [3.05, 3.63) is 28.3 Å². The Labute approximate surface area is 82.2 Å². The number of carbonyl (C=O) groups excluding carboxylic acids is 1. The second-order valence-corrected chi connectivity index (χ2v) is 3.31. The fourth-order valence-corrected chi connectivity index (χ4v) is 1.43. The lowest BCUT2D eigenvalue weighted by Crippen LogP contribution is -1.95. The molecule has 0 aliphatic heterocycles. The minimum Gasteiger partial charge on any atom is -0.507 e. The summed E-state index contributed by atoms with van der Waals surface area (Å²) in [6.45, 7) is 3.31. The molecule has 3 heteroatoms. The van der Waals surface area contributed by atoms with E-state index in [0.717, 1.165) is 0 Å². The van der Waals surface area contributed by atoms with Gasteiger partial charge >= 0.3 is 0 Å². The molecular weight excluding hydrogens is 188 g/mol. The summed E-state index contributed by atoms with van der Waals surface area (Å²) in [7, 11) is 0. The Morgan fingerprint density at radius 1 is 1.54 bits per heavy atom. The van der Waals surface area contributed by atoms with Crippen molar-refractivity contribution in [3.8, 4) is 5.75 Å². The number of benzene rings is 1. The van der Waals surface area contributed by atoms with Gasteiger partial charge in [-0.05, 0) is 31.0 Å². The van der Waals surface area contributed by atoms with Crippen molar-refractivity contribution < 1.29 is 9.90 Å². The molecule has 0 unspecified atom stereocenters. The number of halogens is 1. The van der Waals surface area contributed by atoms with Crippen LogP contribution in [0.3, 0.4) is 0 Å². The Hall–Kier alpha value is -1.02. The van der Waals surface area contributed by atoms with E-state index in [2.05, 4.69) is 0 Å². The molecule has 0 saturated heterocycles. The van der Waals surface area contributed by atoms with Gasteiger partial charge in [0, 0.05) is 5.02 Å². The Bertz CT molecular complexity index is 345. The molecule has 0 atom stereocenters. The van der Waals surface area contributed by atoms with Crippen molar-refractivity contribution in [3.63, 3.8) is 0 Å². The number of hydrogen-bond acceptors (Lipinski definition) is 2. The molecule has 13 heavy (non-hydrogen) atoms. The van der Waals surface area contributed by atoms with E-state index in [0.29, 0.717) is 22.6 Å². The average Bonchev–Trinajstić information content (AvgIpc) is 2.08. The van der Waals surface area contributed by atoms with Gasteiger partial charge in [0.05, 0.1) is 5.56 Å². The monoisotopic (exact) mass is 198 g/mol. The lowest BCUT2D eigenvalue weighted by molar-refractivity contribution is 0.101. The van der Waals surface area contributed by atoms with E-state index in [9.17, 15) is 9.90 Å². The first-order valence-electron chi connectivity index (χ1n) is 4.08. The molecular formula is C10H11ClO2. The van der Waals surface area contributed by atoms with Crippen molar-refractivity contribution in [2.24, 2.45) is 0 Å². The van der Waals surface area contributed by atoms with Gasteiger partial charge in [0.25, 0.3) is 0 Å². The van der Waals surface area contributed by atoms with E-state index in [1.165, 1.54) is 13.0 Å². The highest BCUT2D eigenvalue weighted by Crippen LogP contribution is 2.27. The zero-order chi connectivity index (χ0) is 10.0.